The molecule has 1 saturated carbocycles. The highest BCUT2D eigenvalue weighted by molar-refractivity contribution is 5.33. The van der Waals surface area contributed by atoms with Gasteiger partial charge in [0.25, 0.3) is 0 Å². The van der Waals surface area contributed by atoms with Crippen molar-refractivity contribution >= 4 is 0 Å². The smallest absolute Gasteiger partial charge is 0.120 e. The fraction of sp³-hybridized carbons (Fsp3) is 0.333. The molecular weight excluding hydrogens is 354 g/mol. The first-order valence-electron chi connectivity index (χ1n) is 10.7. The van der Waals surface area contributed by atoms with Crippen molar-refractivity contribution in [1.29, 1.82) is 0 Å². The van der Waals surface area contributed by atoms with E-state index in [2.05, 4.69) is 97.9 Å². The van der Waals surface area contributed by atoms with Crippen LogP contribution in [0.25, 0.3) is 0 Å². The summed E-state index contributed by atoms with van der Waals surface area (Å²) in [5.41, 5.74) is 4.22. The van der Waals surface area contributed by atoms with Crippen LogP contribution in [0.1, 0.15) is 48.3 Å². The molecule has 0 amide bonds. The SMILES string of the molecule is CN(C)C1(c2ccccc2)CCC(c2cccc(OCc3ccccc3)c2)CC1. The molecule has 0 aromatic heterocycles. The van der Waals surface area contributed by atoms with E-state index in [0.29, 0.717) is 12.5 Å². The maximum absolute atomic E-state index is 6.06. The third kappa shape index (κ3) is 4.38. The zero-order valence-corrected chi connectivity index (χ0v) is 17.6. The van der Waals surface area contributed by atoms with Gasteiger partial charge in [-0.3, -0.25) is 4.90 Å². The van der Waals surface area contributed by atoms with E-state index in [-0.39, 0.29) is 5.54 Å². The van der Waals surface area contributed by atoms with Gasteiger partial charge >= 0.3 is 0 Å². The monoisotopic (exact) mass is 385 g/mol. The third-order valence-electron chi connectivity index (χ3n) is 6.56. The quantitative estimate of drug-likeness (QED) is 0.488. The fourth-order valence-corrected chi connectivity index (χ4v) is 4.77. The van der Waals surface area contributed by atoms with E-state index in [1.165, 1.54) is 42.4 Å². The summed E-state index contributed by atoms with van der Waals surface area (Å²) >= 11 is 0. The summed E-state index contributed by atoms with van der Waals surface area (Å²) in [6.45, 7) is 0.618. The van der Waals surface area contributed by atoms with Crippen molar-refractivity contribution in [3.05, 3.63) is 102 Å². The van der Waals surface area contributed by atoms with Gasteiger partial charge in [-0.1, -0.05) is 72.8 Å². The minimum atomic E-state index is 0.152. The highest BCUT2D eigenvalue weighted by atomic mass is 16.5. The minimum absolute atomic E-state index is 0.152. The fourth-order valence-electron chi connectivity index (χ4n) is 4.77. The van der Waals surface area contributed by atoms with Crippen molar-refractivity contribution in [2.24, 2.45) is 0 Å². The Balaban J connectivity index is 1.44. The van der Waals surface area contributed by atoms with E-state index in [1.807, 2.05) is 6.07 Å². The first-order chi connectivity index (χ1) is 14.2. The average Bonchev–Trinajstić information content (AvgIpc) is 2.79. The molecule has 0 heterocycles. The van der Waals surface area contributed by atoms with Crippen LogP contribution in [-0.2, 0) is 12.1 Å². The van der Waals surface area contributed by atoms with Crippen molar-refractivity contribution in [2.45, 2.75) is 43.7 Å². The summed E-state index contributed by atoms with van der Waals surface area (Å²) in [6, 6.07) is 30.1. The van der Waals surface area contributed by atoms with Crippen molar-refractivity contribution in [3.8, 4) is 5.75 Å². The molecule has 0 spiro atoms. The van der Waals surface area contributed by atoms with Crippen molar-refractivity contribution in [1.82, 2.24) is 4.90 Å². The molecule has 0 aliphatic heterocycles. The Morgan fingerprint density at radius 1 is 0.828 bits per heavy atom. The minimum Gasteiger partial charge on any atom is -0.489 e. The molecule has 3 aromatic rings. The molecule has 3 aromatic carbocycles. The molecule has 0 radical (unpaired) electrons. The maximum atomic E-state index is 6.06. The van der Waals surface area contributed by atoms with E-state index in [9.17, 15) is 0 Å². The molecule has 0 N–H and O–H groups in total. The van der Waals surface area contributed by atoms with Crippen LogP contribution in [0, 0.1) is 0 Å². The normalized spacial score (nSPS) is 21.8. The molecule has 29 heavy (non-hydrogen) atoms. The van der Waals surface area contributed by atoms with Crippen LogP contribution in [0.3, 0.4) is 0 Å². The zero-order valence-electron chi connectivity index (χ0n) is 17.6. The number of benzene rings is 3. The van der Waals surface area contributed by atoms with Crippen LogP contribution in [-0.4, -0.2) is 19.0 Å². The van der Waals surface area contributed by atoms with Gasteiger partial charge in [0.2, 0.25) is 0 Å². The van der Waals surface area contributed by atoms with Gasteiger partial charge in [0.05, 0.1) is 0 Å². The van der Waals surface area contributed by atoms with E-state index >= 15 is 0 Å². The lowest BCUT2D eigenvalue weighted by Gasteiger charge is -2.45. The van der Waals surface area contributed by atoms with Crippen molar-refractivity contribution in [3.63, 3.8) is 0 Å². The summed E-state index contributed by atoms with van der Waals surface area (Å²) in [5, 5.41) is 0. The van der Waals surface area contributed by atoms with Gasteiger partial charge in [-0.2, -0.15) is 0 Å². The molecule has 0 atom stereocenters. The van der Waals surface area contributed by atoms with Gasteiger partial charge in [-0.15, -0.1) is 0 Å². The summed E-state index contributed by atoms with van der Waals surface area (Å²) in [7, 11) is 4.46. The van der Waals surface area contributed by atoms with Gasteiger partial charge in [-0.05, 0) is 74.5 Å². The van der Waals surface area contributed by atoms with E-state index in [4.69, 9.17) is 4.74 Å². The molecule has 150 valence electrons. The van der Waals surface area contributed by atoms with Gasteiger partial charge in [0.15, 0.2) is 0 Å². The lowest BCUT2D eigenvalue weighted by atomic mass is 9.70. The maximum Gasteiger partial charge on any atom is 0.120 e. The first kappa shape index (κ1) is 19.7. The third-order valence-corrected chi connectivity index (χ3v) is 6.56. The van der Waals surface area contributed by atoms with E-state index in [1.54, 1.807) is 0 Å². The van der Waals surface area contributed by atoms with Crippen LogP contribution < -0.4 is 4.74 Å². The largest absolute Gasteiger partial charge is 0.489 e. The molecular formula is C27H31NO. The predicted octanol–water partition coefficient (Wildman–Crippen LogP) is 6.38. The van der Waals surface area contributed by atoms with Crippen LogP contribution in [0.4, 0.5) is 0 Å². The molecule has 1 fully saturated rings. The molecule has 0 bridgehead atoms. The van der Waals surface area contributed by atoms with E-state index < -0.39 is 0 Å². The second-order valence-electron chi connectivity index (χ2n) is 8.41. The summed E-state index contributed by atoms with van der Waals surface area (Å²) < 4.78 is 6.06. The Morgan fingerprint density at radius 3 is 2.14 bits per heavy atom. The molecule has 2 nitrogen and oxygen atoms in total. The molecule has 4 rings (SSSR count). The topological polar surface area (TPSA) is 12.5 Å². The summed E-state index contributed by atoms with van der Waals surface area (Å²) in [5.74, 6) is 1.57. The average molecular weight is 386 g/mol. The number of rotatable bonds is 6. The van der Waals surface area contributed by atoms with Crippen LogP contribution >= 0.6 is 0 Å². The van der Waals surface area contributed by atoms with E-state index in [0.717, 1.165) is 5.75 Å². The van der Waals surface area contributed by atoms with Gasteiger partial charge in [0.1, 0.15) is 12.4 Å². The second-order valence-corrected chi connectivity index (χ2v) is 8.41. The standard InChI is InChI=1S/C27H31NO/c1-28(2)27(25-13-7-4-8-14-25)18-16-23(17-19-27)24-12-9-15-26(20-24)29-21-22-10-5-3-6-11-22/h3-15,20,23H,16-19,21H2,1-2H3. The molecule has 0 saturated heterocycles. The zero-order chi connectivity index (χ0) is 20.1. The lowest BCUT2D eigenvalue weighted by Crippen LogP contribution is -2.44. The van der Waals surface area contributed by atoms with Crippen LogP contribution in [0.15, 0.2) is 84.9 Å². The number of nitrogens with zero attached hydrogens (tertiary/aromatic N) is 1. The first-order valence-corrected chi connectivity index (χ1v) is 10.7. The number of ether oxygens (including phenoxy) is 1. The molecule has 2 heteroatoms. The molecule has 0 unspecified atom stereocenters. The van der Waals surface area contributed by atoms with Crippen LogP contribution in [0.2, 0.25) is 0 Å². The van der Waals surface area contributed by atoms with Gasteiger partial charge in [-0.25, -0.2) is 0 Å². The Hall–Kier alpha value is -2.58. The van der Waals surface area contributed by atoms with Gasteiger partial charge < -0.3 is 4.74 Å². The molecule has 1 aliphatic carbocycles. The highest BCUT2D eigenvalue weighted by Crippen LogP contribution is 2.46. The van der Waals surface area contributed by atoms with Crippen molar-refractivity contribution in [2.75, 3.05) is 14.1 Å². The van der Waals surface area contributed by atoms with Gasteiger partial charge in [0, 0.05) is 5.54 Å². The number of hydrogen-bond acceptors (Lipinski definition) is 2. The highest BCUT2D eigenvalue weighted by Gasteiger charge is 2.38. The van der Waals surface area contributed by atoms with Crippen molar-refractivity contribution < 1.29 is 4.74 Å². The Bertz CT molecular complexity index is 896. The van der Waals surface area contributed by atoms with Crippen LogP contribution in [0.5, 0.6) is 5.75 Å². The predicted molar refractivity (Wildman–Crippen MR) is 120 cm³/mol. The Kier molecular flexibility index (Phi) is 6.01. The summed E-state index contributed by atoms with van der Waals surface area (Å²) in [4.78, 5) is 2.43. The molecule has 1 aliphatic rings. The Morgan fingerprint density at radius 2 is 1.48 bits per heavy atom. The lowest BCUT2D eigenvalue weighted by molar-refractivity contribution is 0.0909. The number of hydrogen-bond donors (Lipinski definition) is 0. The summed E-state index contributed by atoms with van der Waals surface area (Å²) in [6.07, 6.45) is 4.78. The second kappa shape index (κ2) is 8.84. The Labute approximate surface area is 175 Å².